The lowest BCUT2D eigenvalue weighted by atomic mass is 10.1. The van der Waals surface area contributed by atoms with Crippen molar-refractivity contribution in [2.45, 2.75) is 0 Å². The molecule has 1 heterocycles. The summed E-state index contributed by atoms with van der Waals surface area (Å²) in [7, 11) is 0. The van der Waals surface area contributed by atoms with Crippen molar-refractivity contribution in [1.29, 1.82) is 0 Å². The Balaban J connectivity index is 2.54. The molecule has 0 spiro atoms. The van der Waals surface area contributed by atoms with Crippen molar-refractivity contribution in [3.63, 3.8) is 0 Å². The molecule has 4 N–H and O–H groups in total. The van der Waals surface area contributed by atoms with E-state index in [1.165, 1.54) is 6.20 Å². The molecule has 0 aliphatic rings. The van der Waals surface area contributed by atoms with Crippen LogP contribution in [-0.2, 0) is 0 Å². The summed E-state index contributed by atoms with van der Waals surface area (Å²) in [5.41, 5.74) is 11.8. The van der Waals surface area contributed by atoms with Crippen LogP contribution in [0.3, 0.4) is 0 Å². The normalized spacial score (nSPS) is 10.2. The van der Waals surface area contributed by atoms with E-state index in [1.807, 2.05) is 0 Å². The van der Waals surface area contributed by atoms with E-state index in [2.05, 4.69) is 9.97 Å². The van der Waals surface area contributed by atoms with Crippen LogP contribution < -0.4 is 11.5 Å². The fraction of sp³-hybridized carbons (Fsp3) is 0. The second-order valence-electron chi connectivity index (χ2n) is 3.36. The van der Waals surface area contributed by atoms with Gasteiger partial charge in [-0.15, -0.1) is 0 Å². The first-order chi connectivity index (χ1) is 8.08. The van der Waals surface area contributed by atoms with Gasteiger partial charge in [-0.1, -0.05) is 23.7 Å². The number of aromatic nitrogens is 2. The smallest absolute Gasteiger partial charge is 0.271 e. The number of nitrogens with zero attached hydrogens (tertiary/aromatic N) is 2. The molecule has 1 aromatic heterocycles. The minimum Gasteiger partial charge on any atom is -0.382 e. The minimum atomic E-state index is -0.709. The number of nitrogens with two attached hydrogens (primary N) is 2. The van der Waals surface area contributed by atoms with Gasteiger partial charge in [0.2, 0.25) is 0 Å². The monoisotopic (exact) mass is 248 g/mol. The molecule has 17 heavy (non-hydrogen) atoms. The first kappa shape index (κ1) is 11.3. The van der Waals surface area contributed by atoms with Crippen molar-refractivity contribution in [2.75, 3.05) is 5.73 Å². The maximum atomic E-state index is 11.1. The summed E-state index contributed by atoms with van der Waals surface area (Å²) in [4.78, 5) is 19.0. The second-order valence-corrected chi connectivity index (χ2v) is 3.80. The summed E-state index contributed by atoms with van der Waals surface area (Å²) in [6.07, 6.45) is 1.47. The summed E-state index contributed by atoms with van der Waals surface area (Å²) in [5.74, 6) is -0.692. The predicted molar refractivity (Wildman–Crippen MR) is 65.4 cm³/mol. The number of carbonyl (C=O) groups is 1. The molecule has 0 atom stereocenters. The Kier molecular flexibility index (Phi) is 2.93. The molecule has 0 aliphatic heterocycles. The molecule has 0 bridgehead atoms. The topological polar surface area (TPSA) is 94.9 Å². The van der Waals surface area contributed by atoms with E-state index in [4.69, 9.17) is 23.1 Å². The van der Waals surface area contributed by atoms with E-state index in [1.54, 1.807) is 24.3 Å². The average molecular weight is 249 g/mol. The number of carbonyl (C=O) groups excluding carboxylic acids is 1. The maximum Gasteiger partial charge on any atom is 0.271 e. The molecular weight excluding hydrogens is 240 g/mol. The average Bonchev–Trinajstić information content (AvgIpc) is 2.29. The molecule has 0 saturated carbocycles. The zero-order valence-electron chi connectivity index (χ0n) is 8.72. The summed E-state index contributed by atoms with van der Waals surface area (Å²) < 4.78 is 0. The highest BCUT2D eigenvalue weighted by Crippen LogP contribution is 2.21. The molecule has 1 amide bonds. The number of nitrogen functional groups attached to an aromatic ring is 1. The van der Waals surface area contributed by atoms with E-state index in [9.17, 15) is 4.79 Å². The number of halogens is 1. The molecule has 2 rings (SSSR count). The van der Waals surface area contributed by atoms with Crippen molar-refractivity contribution in [3.05, 3.63) is 41.2 Å². The van der Waals surface area contributed by atoms with Crippen molar-refractivity contribution in [3.8, 4) is 11.3 Å². The third kappa shape index (κ3) is 2.34. The SMILES string of the molecule is NC(=O)c1nc(-c2cccc(Cl)c2)cnc1N. The van der Waals surface area contributed by atoms with Crippen LogP contribution in [0.5, 0.6) is 0 Å². The lowest BCUT2D eigenvalue weighted by molar-refractivity contribution is 0.0996. The van der Waals surface area contributed by atoms with Gasteiger partial charge >= 0.3 is 0 Å². The highest BCUT2D eigenvalue weighted by molar-refractivity contribution is 6.30. The van der Waals surface area contributed by atoms with Gasteiger partial charge < -0.3 is 11.5 Å². The highest BCUT2D eigenvalue weighted by Gasteiger charge is 2.11. The van der Waals surface area contributed by atoms with Gasteiger partial charge in [0.25, 0.3) is 5.91 Å². The number of rotatable bonds is 2. The fourth-order valence-corrected chi connectivity index (χ4v) is 1.56. The van der Waals surface area contributed by atoms with Gasteiger partial charge in [0.15, 0.2) is 11.5 Å². The number of hydrogen-bond acceptors (Lipinski definition) is 4. The van der Waals surface area contributed by atoms with Crippen molar-refractivity contribution in [2.24, 2.45) is 5.73 Å². The Bertz CT molecular complexity index is 585. The van der Waals surface area contributed by atoms with Crippen LogP contribution in [0.2, 0.25) is 5.02 Å². The predicted octanol–water partition coefficient (Wildman–Crippen LogP) is 1.48. The van der Waals surface area contributed by atoms with Gasteiger partial charge in [0, 0.05) is 10.6 Å². The van der Waals surface area contributed by atoms with E-state index < -0.39 is 5.91 Å². The highest BCUT2D eigenvalue weighted by atomic mass is 35.5. The lowest BCUT2D eigenvalue weighted by Crippen LogP contribution is -2.16. The molecule has 86 valence electrons. The summed E-state index contributed by atoms with van der Waals surface area (Å²) in [5, 5.41) is 0.571. The zero-order chi connectivity index (χ0) is 12.4. The lowest BCUT2D eigenvalue weighted by Gasteiger charge is -2.04. The largest absolute Gasteiger partial charge is 0.382 e. The Morgan fingerprint density at radius 1 is 1.35 bits per heavy atom. The van der Waals surface area contributed by atoms with Gasteiger partial charge in [-0.25, -0.2) is 9.97 Å². The minimum absolute atomic E-state index is 0.0169. The third-order valence-corrected chi connectivity index (χ3v) is 2.39. The Morgan fingerprint density at radius 2 is 2.12 bits per heavy atom. The van der Waals surface area contributed by atoms with Crippen LogP contribution in [0.25, 0.3) is 11.3 Å². The van der Waals surface area contributed by atoms with Gasteiger partial charge in [-0.3, -0.25) is 4.79 Å². The van der Waals surface area contributed by atoms with Gasteiger partial charge in [0.05, 0.1) is 11.9 Å². The number of amides is 1. The van der Waals surface area contributed by atoms with Gasteiger partial charge in [0.1, 0.15) is 0 Å². The van der Waals surface area contributed by atoms with Crippen molar-refractivity contribution >= 4 is 23.3 Å². The van der Waals surface area contributed by atoms with Crippen LogP contribution in [-0.4, -0.2) is 15.9 Å². The Hall–Kier alpha value is -2.14. The van der Waals surface area contributed by atoms with Crippen LogP contribution in [0, 0.1) is 0 Å². The van der Waals surface area contributed by atoms with Crippen LogP contribution in [0.4, 0.5) is 5.82 Å². The molecule has 0 unspecified atom stereocenters. The second kappa shape index (κ2) is 4.39. The number of hydrogen-bond donors (Lipinski definition) is 2. The molecule has 1 aromatic carbocycles. The van der Waals surface area contributed by atoms with E-state index in [-0.39, 0.29) is 11.5 Å². The molecule has 5 nitrogen and oxygen atoms in total. The van der Waals surface area contributed by atoms with Crippen molar-refractivity contribution < 1.29 is 4.79 Å². The quantitative estimate of drug-likeness (QED) is 0.841. The van der Waals surface area contributed by atoms with Crippen LogP contribution in [0.15, 0.2) is 30.5 Å². The molecule has 0 radical (unpaired) electrons. The van der Waals surface area contributed by atoms with Gasteiger partial charge in [-0.2, -0.15) is 0 Å². The zero-order valence-corrected chi connectivity index (χ0v) is 9.48. The van der Waals surface area contributed by atoms with Crippen LogP contribution in [0.1, 0.15) is 10.5 Å². The number of benzene rings is 1. The van der Waals surface area contributed by atoms with Gasteiger partial charge in [-0.05, 0) is 12.1 Å². The molecular formula is C11H9ClN4O. The Labute approximate surface area is 102 Å². The summed E-state index contributed by atoms with van der Waals surface area (Å²) >= 11 is 5.86. The van der Waals surface area contributed by atoms with Crippen LogP contribution >= 0.6 is 11.6 Å². The summed E-state index contributed by atoms with van der Waals surface area (Å²) in [6, 6.07) is 7.04. The molecule has 0 saturated heterocycles. The van der Waals surface area contributed by atoms with E-state index >= 15 is 0 Å². The Morgan fingerprint density at radius 3 is 2.76 bits per heavy atom. The number of anilines is 1. The molecule has 0 aliphatic carbocycles. The first-order valence-corrected chi connectivity index (χ1v) is 5.14. The van der Waals surface area contributed by atoms with E-state index in [0.29, 0.717) is 10.7 Å². The standard InChI is InChI=1S/C11H9ClN4O/c12-7-3-1-2-6(4-7)8-5-15-10(13)9(16-8)11(14)17/h1-5H,(H2,13,15)(H2,14,17). The fourth-order valence-electron chi connectivity index (χ4n) is 1.37. The molecule has 2 aromatic rings. The number of primary amides is 1. The molecule has 6 heteroatoms. The molecule has 0 fully saturated rings. The third-order valence-electron chi connectivity index (χ3n) is 2.15. The first-order valence-electron chi connectivity index (χ1n) is 4.76. The van der Waals surface area contributed by atoms with E-state index in [0.717, 1.165) is 5.56 Å². The summed E-state index contributed by atoms with van der Waals surface area (Å²) in [6.45, 7) is 0. The van der Waals surface area contributed by atoms with Crippen molar-refractivity contribution in [1.82, 2.24) is 9.97 Å². The maximum absolute atomic E-state index is 11.1.